The van der Waals surface area contributed by atoms with Gasteiger partial charge in [0.1, 0.15) is 0 Å². The summed E-state index contributed by atoms with van der Waals surface area (Å²) in [6.45, 7) is 1.14. The first kappa shape index (κ1) is 25.8. The number of nitrogens with zero attached hydrogens (tertiary/aromatic N) is 1. The van der Waals surface area contributed by atoms with Crippen molar-refractivity contribution in [1.29, 1.82) is 0 Å². The third-order valence-electron chi connectivity index (χ3n) is 3.91. The van der Waals surface area contributed by atoms with E-state index in [4.69, 9.17) is 23.2 Å². The normalized spacial score (nSPS) is 11.5. The molecule has 0 atom stereocenters. The van der Waals surface area contributed by atoms with Crippen molar-refractivity contribution in [2.24, 2.45) is 4.99 Å². The first-order chi connectivity index (χ1) is 13.3. The number of benzene rings is 2. The Morgan fingerprint density at radius 2 is 1.79 bits per heavy atom. The van der Waals surface area contributed by atoms with Gasteiger partial charge in [-0.05, 0) is 42.2 Å². The van der Waals surface area contributed by atoms with Crippen LogP contribution in [0, 0.1) is 0 Å². The molecular formula is C19H25Cl2IN4O2S. The van der Waals surface area contributed by atoms with Crippen molar-refractivity contribution in [3.8, 4) is 0 Å². The molecule has 0 bridgehead atoms. The van der Waals surface area contributed by atoms with Crippen LogP contribution in [-0.4, -0.2) is 34.2 Å². The highest BCUT2D eigenvalue weighted by Crippen LogP contribution is 2.22. The van der Waals surface area contributed by atoms with Crippen LogP contribution in [0.5, 0.6) is 0 Å². The number of anilines is 1. The Labute approximate surface area is 199 Å². The van der Waals surface area contributed by atoms with Crippen LogP contribution in [0.15, 0.2) is 47.5 Å². The monoisotopic (exact) mass is 570 g/mol. The maximum absolute atomic E-state index is 11.5. The number of halogens is 3. The molecule has 0 saturated carbocycles. The standard InChI is InChI=1S/C19H24Cl2N4O2S.HI/c1-22-19(23-11-5-7-14-9-10-16(20)12-17(14)21)24-13-15-6-3-4-8-18(15)25-28(2,26)27;/h3-4,6,8-10,12,25H,5,7,11,13H2,1-2H3,(H2,22,23,24);1H. The molecular weight excluding hydrogens is 546 g/mol. The maximum Gasteiger partial charge on any atom is 0.229 e. The van der Waals surface area contributed by atoms with Crippen molar-refractivity contribution in [3.63, 3.8) is 0 Å². The smallest absolute Gasteiger partial charge is 0.229 e. The van der Waals surface area contributed by atoms with Crippen LogP contribution in [0.2, 0.25) is 10.0 Å². The van der Waals surface area contributed by atoms with E-state index in [9.17, 15) is 8.42 Å². The zero-order valence-corrected chi connectivity index (χ0v) is 20.9. The summed E-state index contributed by atoms with van der Waals surface area (Å²) in [7, 11) is -1.65. The predicted molar refractivity (Wildman–Crippen MR) is 133 cm³/mol. The number of para-hydroxylation sites is 1. The predicted octanol–water partition coefficient (Wildman–Crippen LogP) is 4.28. The molecule has 0 aromatic heterocycles. The van der Waals surface area contributed by atoms with E-state index in [0.29, 0.717) is 34.8 Å². The molecule has 6 nitrogen and oxygen atoms in total. The van der Waals surface area contributed by atoms with Gasteiger partial charge in [-0.1, -0.05) is 47.5 Å². The molecule has 160 valence electrons. The molecule has 2 aromatic rings. The van der Waals surface area contributed by atoms with E-state index in [1.165, 1.54) is 0 Å². The quantitative estimate of drug-likeness (QED) is 0.191. The maximum atomic E-state index is 11.5. The molecule has 0 saturated heterocycles. The Bertz CT molecular complexity index is 940. The average molecular weight is 571 g/mol. The van der Waals surface area contributed by atoms with Crippen molar-refractivity contribution in [1.82, 2.24) is 10.6 Å². The summed E-state index contributed by atoms with van der Waals surface area (Å²) in [4.78, 5) is 4.19. The average Bonchev–Trinajstić information content (AvgIpc) is 2.62. The van der Waals surface area contributed by atoms with Gasteiger partial charge in [0.05, 0.1) is 11.9 Å². The SMILES string of the molecule is CN=C(NCCCc1ccc(Cl)cc1Cl)NCc1ccccc1NS(C)(=O)=O.I. The van der Waals surface area contributed by atoms with Gasteiger partial charge in [0.15, 0.2) is 5.96 Å². The molecule has 0 unspecified atom stereocenters. The number of guanidine groups is 1. The van der Waals surface area contributed by atoms with E-state index in [1.54, 1.807) is 25.2 Å². The summed E-state index contributed by atoms with van der Waals surface area (Å²) in [6.07, 6.45) is 2.82. The summed E-state index contributed by atoms with van der Waals surface area (Å²) in [5.41, 5.74) is 2.42. The summed E-state index contributed by atoms with van der Waals surface area (Å²) in [5, 5.41) is 7.73. The highest BCUT2D eigenvalue weighted by molar-refractivity contribution is 14.0. The second-order valence-corrected chi connectivity index (χ2v) is 8.82. The van der Waals surface area contributed by atoms with Crippen molar-refractivity contribution in [3.05, 3.63) is 63.6 Å². The van der Waals surface area contributed by atoms with Gasteiger partial charge in [-0.2, -0.15) is 0 Å². The largest absolute Gasteiger partial charge is 0.356 e. The number of sulfonamides is 1. The third-order valence-corrected chi connectivity index (χ3v) is 5.09. The van der Waals surface area contributed by atoms with Crippen molar-refractivity contribution >= 4 is 68.8 Å². The Hall–Kier alpha value is -1.23. The van der Waals surface area contributed by atoms with Crippen LogP contribution in [0.3, 0.4) is 0 Å². The van der Waals surface area contributed by atoms with Crippen LogP contribution in [0.4, 0.5) is 5.69 Å². The first-order valence-corrected chi connectivity index (χ1v) is 11.4. The number of aliphatic imine (C=N–C) groups is 1. The first-order valence-electron chi connectivity index (χ1n) is 8.72. The lowest BCUT2D eigenvalue weighted by molar-refractivity contribution is 0.606. The summed E-state index contributed by atoms with van der Waals surface area (Å²) in [6, 6.07) is 12.7. The van der Waals surface area contributed by atoms with Gasteiger partial charge in [0, 0.05) is 30.2 Å². The summed E-state index contributed by atoms with van der Waals surface area (Å²) in [5.74, 6) is 0.636. The van der Waals surface area contributed by atoms with Gasteiger partial charge >= 0.3 is 0 Å². The van der Waals surface area contributed by atoms with Crippen LogP contribution in [0.25, 0.3) is 0 Å². The van der Waals surface area contributed by atoms with Crippen molar-refractivity contribution in [2.75, 3.05) is 24.6 Å². The molecule has 2 rings (SSSR count). The number of nitrogens with one attached hydrogen (secondary N) is 3. The van der Waals surface area contributed by atoms with Crippen LogP contribution < -0.4 is 15.4 Å². The van der Waals surface area contributed by atoms with Gasteiger partial charge in [-0.3, -0.25) is 9.71 Å². The number of hydrogen-bond acceptors (Lipinski definition) is 3. The molecule has 29 heavy (non-hydrogen) atoms. The fourth-order valence-corrected chi connectivity index (χ4v) is 3.68. The number of aryl methyl sites for hydroxylation is 1. The van der Waals surface area contributed by atoms with Gasteiger partial charge in [0.25, 0.3) is 0 Å². The fraction of sp³-hybridized carbons (Fsp3) is 0.316. The molecule has 0 aliphatic carbocycles. The van der Waals surface area contributed by atoms with Gasteiger partial charge in [0.2, 0.25) is 10.0 Å². The molecule has 2 aromatic carbocycles. The van der Waals surface area contributed by atoms with Crippen molar-refractivity contribution < 1.29 is 8.42 Å². The van der Waals surface area contributed by atoms with Gasteiger partial charge in [-0.15, -0.1) is 24.0 Å². The molecule has 0 radical (unpaired) electrons. The minimum atomic E-state index is -3.34. The highest BCUT2D eigenvalue weighted by atomic mass is 127. The summed E-state index contributed by atoms with van der Waals surface area (Å²) >= 11 is 12.1. The third kappa shape index (κ3) is 9.41. The second kappa shape index (κ2) is 12.5. The lowest BCUT2D eigenvalue weighted by Gasteiger charge is -2.15. The molecule has 10 heteroatoms. The van der Waals surface area contributed by atoms with E-state index in [0.717, 1.165) is 30.2 Å². The molecule has 0 aliphatic rings. The van der Waals surface area contributed by atoms with E-state index in [1.807, 2.05) is 24.3 Å². The minimum absolute atomic E-state index is 0. The van der Waals surface area contributed by atoms with E-state index < -0.39 is 10.0 Å². The Morgan fingerprint density at radius 3 is 2.45 bits per heavy atom. The fourth-order valence-electron chi connectivity index (χ4n) is 2.58. The van der Waals surface area contributed by atoms with Crippen LogP contribution in [0.1, 0.15) is 17.5 Å². The zero-order valence-electron chi connectivity index (χ0n) is 16.2. The molecule has 0 spiro atoms. The van der Waals surface area contributed by atoms with E-state index in [-0.39, 0.29) is 24.0 Å². The topological polar surface area (TPSA) is 82.6 Å². The Kier molecular flexibility index (Phi) is 11.1. The Morgan fingerprint density at radius 1 is 1.07 bits per heavy atom. The summed E-state index contributed by atoms with van der Waals surface area (Å²) < 4.78 is 25.5. The second-order valence-electron chi connectivity index (χ2n) is 6.22. The van der Waals surface area contributed by atoms with Crippen LogP contribution in [-0.2, 0) is 23.0 Å². The molecule has 0 aliphatic heterocycles. The van der Waals surface area contributed by atoms with Crippen LogP contribution >= 0.6 is 47.2 Å². The van der Waals surface area contributed by atoms with Gasteiger partial charge < -0.3 is 10.6 Å². The van der Waals surface area contributed by atoms with E-state index in [2.05, 4.69) is 20.3 Å². The molecule has 0 fully saturated rings. The van der Waals surface area contributed by atoms with E-state index >= 15 is 0 Å². The molecule has 3 N–H and O–H groups in total. The minimum Gasteiger partial charge on any atom is -0.356 e. The van der Waals surface area contributed by atoms with Gasteiger partial charge in [-0.25, -0.2) is 8.42 Å². The van der Waals surface area contributed by atoms with Crippen molar-refractivity contribution in [2.45, 2.75) is 19.4 Å². The lowest BCUT2D eigenvalue weighted by Crippen LogP contribution is -2.37. The lowest BCUT2D eigenvalue weighted by atomic mass is 10.1. The number of hydrogen-bond donors (Lipinski definition) is 3. The Balaban J connectivity index is 0.00000420. The number of rotatable bonds is 8. The highest BCUT2D eigenvalue weighted by Gasteiger charge is 2.08. The molecule has 0 heterocycles. The zero-order chi connectivity index (χ0) is 20.6. The molecule has 0 amide bonds.